The van der Waals surface area contributed by atoms with E-state index in [-0.39, 0.29) is 18.6 Å². The number of nitrogens with one attached hydrogen (secondary N) is 2. The smallest absolute Gasteiger partial charge is 0.231 e. The average Bonchev–Trinajstić information content (AvgIpc) is 3.23. The molecule has 2 aliphatic rings. The largest absolute Gasteiger partial charge is 0.454 e. The fourth-order valence-corrected chi connectivity index (χ4v) is 4.44. The van der Waals surface area contributed by atoms with Crippen LogP contribution in [0, 0.1) is 0 Å². The van der Waals surface area contributed by atoms with E-state index in [1.807, 2.05) is 42.5 Å². The molecule has 2 amide bonds. The number of benzene rings is 2. The summed E-state index contributed by atoms with van der Waals surface area (Å²) < 4.78 is 11.0. The molecule has 0 saturated heterocycles. The first-order valence-electron chi connectivity index (χ1n) is 10.6. The number of rotatable bonds is 6. The molecule has 6 heteroatoms. The third-order valence-corrected chi connectivity index (χ3v) is 6.04. The van der Waals surface area contributed by atoms with Crippen molar-refractivity contribution in [2.24, 2.45) is 0 Å². The van der Waals surface area contributed by atoms with Crippen LogP contribution in [0.4, 0.5) is 5.69 Å². The van der Waals surface area contributed by atoms with Gasteiger partial charge in [0.1, 0.15) is 0 Å². The van der Waals surface area contributed by atoms with Crippen LogP contribution in [0.25, 0.3) is 0 Å². The summed E-state index contributed by atoms with van der Waals surface area (Å²) in [5, 5.41) is 5.94. The fourth-order valence-electron chi connectivity index (χ4n) is 4.44. The van der Waals surface area contributed by atoms with Gasteiger partial charge in [0, 0.05) is 19.2 Å². The Bertz CT molecular complexity index is 917. The molecule has 1 heterocycles. The van der Waals surface area contributed by atoms with Gasteiger partial charge in [-0.15, -0.1) is 0 Å². The van der Waals surface area contributed by atoms with Crippen molar-refractivity contribution in [2.45, 2.75) is 50.9 Å². The molecular formula is C24H28N2O4. The Morgan fingerprint density at radius 3 is 2.43 bits per heavy atom. The van der Waals surface area contributed by atoms with Crippen LogP contribution in [0.5, 0.6) is 11.5 Å². The molecule has 2 aromatic rings. The number of fused-ring (bicyclic) bond motifs is 1. The zero-order valence-corrected chi connectivity index (χ0v) is 17.3. The molecule has 0 unspecified atom stereocenters. The van der Waals surface area contributed by atoms with Crippen molar-refractivity contribution in [1.82, 2.24) is 5.32 Å². The maximum atomic E-state index is 13.4. The molecule has 6 nitrogen and oxygen atoms in total. The predicted molar refractivity (Wildman–Crippen MR) is 115 cm³/mol. The van der Waals surface area contributed by atoms with E-state index in [0.717, 1.165) is 60.4 Å². The molecule has 30 heavy (non-hydrogen) atoms. The predicted octanol–water partition coefficient (Wildman–Crippen LogP) is 3.93. The van der Waals surface area contributed by atoms with E-state index in [2.05, 4.69) is 10.6 Å². The second-order valence-electron chi connectivity index (χ2n) is 8.09. The maximum absolute atomic E-state index is 13.4. The van der Waals surface area contributed by atoms with Crippen molar-refractivity contribution >= 4 is 17.5 Å². The minimum atomic E-state index is -0.505. The summed E-state index contributed by atoms with van der Waals surface area (Å²) in [6.07, 6.45) is 5.70. The first kappa shape index (κ1) is 20.3. The first-order valence-corrected chi connectivity index (χ1v) is 10.6. The third kappa shape index (κ3) is 4.27. The molecule has 2 aromatic carbocycles. The zero-order chi connectivity index (χ0) is 21.0. The van der Waals surface area contributed by atoms with Crippen LogP contribution in [0.15, 0.2) is 42.5 Å². The summed E-state index contributed by atoms with van der Waals surface area (Å²) in [6, 6.07) is 13.6. The van der Waals surface area contributed by atoms with Gasteiger partial charge in [-0.25, -0.2) is 0 Å². The van der Waals surface area contributed by atoms with Gasteiger partial charge in [-0.1, -0.05) is 37.5 Å². The Morgan fingerprint density at radius 2 is 1.70 bits per heavy atom. The highest BCUT2D eigenvalue weighted by Crippen LogP contribution is 2.43. The van der Waals surface area contributed by atoms with Crippen molar-refractivity contribution in [3.8, 4) is 11.5 Å². The Morgan fingerprint density at radius 1 is 0.967 bits per heavy atom. The van der Waals surface area contributed by atoms with E-state index in [1.54, 1.807) is 0 Å². The number of carbonyl (C=O) groups is 2. The van der Waals surface area contributed by atoms with Crippen LogP contribution in [0.2, 0.25) is 0 Å². The Labute approximate surface area is 177 Å². The van der Waals surface area contributed by atoms with Gasteiger partial charge in [-0.3, -0.25) is 9.59 Å². The number of carbonyl (C=O) groups excluding carboxylic acids is 2. The van der Waals surface area contributed by atoms with E-state index in [1.165, 1.54) is 13.3 Å². The van der Waals surface area contributed by atoms with Crippen LogP contribution in [-0.4, -0.2) is 25.2 Å². The van der Waals surface area contributed by atoms with Crippen LogP contribution in [0.1, 0.15) is 50.2 Å². The Hall–Kier alpha value is -3.02. The van der Waals surface area contributed by atoms with Crippen molar-refractivity contribution in [3.05, 3.63) is 53.6 Å². The molecular weight excluding hydrogens is 380 g/mol. The van der Waals surface area contributed by atoms with Gasteiger partial charge in [-0.2, -0.15) is 0 Å². The second kappa shape index (κ2) is 8.78. The number of anilines is 1. The van der Waals surface area contributed by atoms with Crippen LogP contribution >= 0.6 is 0 Å². The molecule has 0 atom stereocenters. The van der Waals surface area contributed by atoms with Crippen molar-refractivity contribution in [1.29, 1.82) is 0 Å². The lowest BCUT2D eigenvalue weighted by atomic mass is 9.68. The summed E-state index contributed by atoms with van der Waals surface area (Å²) in [5.41, 5.74) is 2.40. The SMILES string of the molecule is CC(=O)Nc1ccc(CCNC(=O)C2(c3ccc4c(c3)OCO4)CCCCC2)cc1. The van der Waals surface area contributed by atoms with Gasteiger partial charge in [-0.05, 0) is 54.7 Å². The number of ether oxygens (including phenoxy) is 2. The molecule has 0 bridgehead atoms. The highest BCUT2D eigenvalue weighted by Gasteiger charge is 2.41. The second-order valence-corrected chi connectivity index (χ2v) is 8.09. The Balaban J connectivity index is 1.42. The van der Waals surface area contributed by atoms with E-state index >= 15 is 0 Å². The number of hydrogen-bond acceptors (Lipinski definition) is 4. The summed E-state index contributed by atoms with van der Waals surface area (Å²) in [5.74, 6) is 1.48. The quantitative estimate of drug-likeness (QED) is 0.759. The molecule has 0 aromatic heterocycles. The van der Waals surface area contributed by atoms with E-state index in [0.29, 0.717) is 6.54 Å². The molecule has 1 aliphatic heterocycles. The lowest BCUT2D eigenvalue weighted by molar-refractivity contribution is -0.128. The molecule has 1 fully saturated rings. The van der Waals surface area contributed by atoms with Crippen molar-refractivity contribution in [3.63, 3.8) is 0 Å². The standard InChI is InChI=1S/C24H28N2O4/c1-17(27)26-20-8-5-18(6-9-20)11-14-25-23(28)24(12-3-2-4-13-24)19-7-10-21-22(15-19)30-16-29-21/h5-10,15H,2-4,11-14,16H2,1H3,(H,25,28)(H,26,27). The van der Waals surface area contributed by atoms with E-state index in [9.17, 15) is 9.59 Å². The average molecular weight is 408 g/mol. The van der Waals surface area contributed by atoms with Crippen LogP contribution in [-0.2, 0) is 21.4 Å². The minimum Gasteiger partial charge on any atom is -0.454 e. The van der Waals surface area contributed by atoms with Crippen molar-refractivity contribution in [2.75, 3.05) is 18.7 Å². The number of hydrogen-bond donors (Lipinski definition) is 2. The normalized spacial score (nSPS) is 16.7. The van der Waals surface area contributed by atoms with Gasteiger partial charge in [0.15, 0.2) is 11.5 Å². The van der Waals surface area contributed by atoms with Gasteiger partial charge < -0.3 is 20.1 Å². The summed E-state index contributed by atoms with van der Waals surface area (Å²) in [4.78, 5) is 24.5. The van der Waals surface area contributed by atoms with Gasteiger partial charge >= 0.3 is 0 Å². The molecule has 1 aliphatic carbocycles. The summed E-state index contributed by atoms with van der Waals surface area (Å²) in [6.45, 7) is 2.30. The Kier molecular flexibility index (Phi) is 5.93. The minimum absolute atomic E-state index is 0.0867. The monoisotopic (exact) mass is 408 g/mol. The summed E-state index contributed by atoms with van der Waals surface area (Å²) >= 11 is 0. The zero-order valence-electron chi connectivity index (χ0n) is 17.3. The third-order valence-electron chi connectivity index (χ3n) is 6.04. The fraction of sp³-hybridized carbons (Fsp3) is 0.417. The van der Waals surface area contributed by atoms with Gasteiger partial charge in [0.05, 0.1) is 5.41 Å². The first-order chi connectivity index (χ1) is 14.6. The lowest BCUT2D eigenvalue weighted by Crippen LogP contribution is -2.46. The molecule has 158 valence electrons. The van der Waals surface area contributed by atoms with E-state index < -0.39 is 5.41 Å². The molecule has 0 spiro atoms. The van der Waals surface area contributed by atoms with Crippen LogP contribution < -0.4 is 20.1 Å². The molecule has 0 radical (unpaired) electrons. The van der Waals surface area contributed by atoms with E-state index in [4.69, 9.17) is 9.47 Å². The summed E-state index contributed by atoms with van der Waals surface area (Å²) in [7, 11) is 0. The molecule has 2 N–H and O–H groups in total. The highest BCUT2D eigenvalue weighted by molar-refractivity contribution is 5.89. The topological polar surface area (TPSA) is 76.7 Å². The maximum Gasteiger partial charge on any atom is 0.231 e. The number of amides is 2. The van der Waals surface area contributed by atoms with Gasteiger partial charge in [0.25, 0.3) is 0 Å². The highest BCUT2D eigenvalue weighted by atomic mass is 16.7. The van der Waals surface area contributed by atoms with Crippen molar-refractivity contribution < 1.29 is 19.1 Å². The van der Waals surface area contributed by atoms with Crippen LogP contribution in [0.3, 0.4) is 0 Å². The lowest BCUT2D eigenvalue weighted by Gasteiger charge is -2.36. The molecule has 4 rings (SSSR count). The molecule has 1 saturated carbocycles. The van der Waals surface area contributed by atoms with Gasteiger partial charge in [0.2, 0.25) is 18.6 Å².